The zero-order chi connectivity index (χ0) is 15.0. The number of fused-ring (bicyclic) bond motifs is 1. The number of carbonyl (C=O) groups excluding carboxylic acids is 1. The van der Waals surface area contributed by atoms with Crippen molar-refractivity contribution in [3.05, 3.63) is 62.4 Å². The second-order valence-corrected chi connectivity index (χ2v) is 5.59. The van der Waals surface area contributed by atoms with E-state index in [0.717, 1.165) is 29.5 Å². The Kier molecular flexibility index (Phi) is 3.51. The first-order valence-electron chi connectivity index (χ1n) is 6.69. The number of Topliss-reactive ketones (excluding diaryl/α,β-unsaturated/α-hetero) is 1. The van der Waals surface area contributed by atoms with Gasteiger partial charge >= 0.3 is 0 Å². The molecule has 0 saturated heterocycles. The molecule has 1 aromatic heterocycles. The van der Waals surface area contributed by atoms with Crippen LogP contribution in [0.2, 0.25) is 5.02 Å². The van der Waals surface area contributed by atoms with Gasteiger partial charge in [-0.1, -0.05) is 11.6 Å². The summed E-state index contributed by atoms with van der Waals surface area (Å²) >= 11 is 6.09. The van der Waals surface area contributed by atoms with E-state index >= 15 is 0 Å². The van der Waals surface area contributed by atoms with Gasteiger partial charge in [0.25, 0.3) is 5.69 Å². The molecule has 6 heteroatoms. The number of benzene rings is 1. The van der Waals surface area contributed by atoms with Crippen molar-refractivity contribution >= 4 is 23.1 Å². The van der Waals surface area contributed by atoms with E-state index < -0.39 is 4.92 Å². The Morgan fingerprint density at radius 3 is 2.76 bits per heavy atom. The first-order chi connectivity index (χ1) is 10.0. The maximum Gasteiger partial charge on any atom is 0.270 e. The number of rotatable bonds is 3. The lowest BCUT2D eigenvalue weighted by Gasteiger charge is -2.07. The normalized spacial score (nSPS) is 14.0. The van der Waals surface area contributed by atoms with E-state index in [9.17, 15) is 14.9 Å². The molecule has 0 aliphatic heterocycles. The second-order valence-electron chi connectivity index (χ2n) is 5.18. The molecule has 0 spiro atoms. The van der Waals surface area contributed by atoms with E-state index in [-0.39, 0.29) is 11.5 Å². The number of nitrogens with zero attached hydrogens (tertiary/aromatic N) is 2. The summed E-state index contributed by atoms with van der Waals surface area (Å²) in [6, 6.07) is 4.45. The highest BCUT2D eigenvalue weighted by atomic mass is 35.5. The number of aryl methyl sites for hydroxylation is 1. The SMILES string of the molecule is O=C1CCCc2cn(Cc3ccc([N+](=O)[O-])cc3Cl)cc21. The maximum atomic E-state index is 11.8. The molecule has 0 unspecified atom stereocenters. The summed E-state index contributed by atoms with van der Waals surface area (Å²) in [5.41, 5.74) is 2.64. The van der Waals surface area contributed by atoms with Crippen molar-refractivity contribution in [2.75, 3.05) is 0 Å². The van der Waals surface area contributed by atoms with Crippen LogP contribution in [0.25, 0.3) is 0 Å². The van der Waals surface area contributed by atoms with Crippen LogP contribution in [0.15, 0.2) is 30.6 Å². The predicted octanol–water partition coefficient (Wildman–Crippen LogP) is 3.62. The van der Waals surface area contributed by atoms with Gasteiger partial charge in [0.1, 0.15) is 0 Å². The molecular weight excluding hydrogens is 292 g/mol. The van der Waals surface area contributed by atoms with Crippen molar-refractivity contribution in [1.82, 2.24) is 4.57 Å². The molecule has 0 atom stereocenters. The third-order valence-corrected chi connectivity index (χ3v) is 4.07. The summed E-state index contributed by atoms with van der Waals surface area (Å²) in [5, 5.41) is 11.1. The van der Waals surface area contributed by atoms with Gasteiger partial charge in [-0.25, -0.2) is 0 Å². The van der Waals surface area contributed by atoms with Gasteiger partial charge in [-0.05, 0) is 30.0 Å². The van der Waals surface area contributed by atoms with Crippen LogP contribution in [0.3, 0.4) is 0 Å². The number of ketones is 1. The molecule has 0 bridgehead atoms. The quantitative estimate of drug-likeness (QED) is 0.642. The minimum atomic E-state index is -0.470. The van der Waals surface area contributed by atoms with Crippen LogP contribution in [0.5, 0.6) is 0 Å². The van der Waals surface area contributed by atoms with Crippen LogP contribution < -0.4 is 0 Å². The Morgan fingerprint density at radius 1 is 1.29 bits per heavy atom. The van der Waals surface area contributed by atoms with E-state index in [1.165, 1.54) is 12.1 Å². The Labute approximate surface area is 126 Å². The average Bonchev–Trinajstić information content (AvgIpc) is 2.85. The smallest absolute Gasteiger partial charge is 0.270 e. The van der Waals surface area contributed by atoms with E-state index in [1.54, 1.807) is 6.07 Å². The van der Waals surface area contributed by atoms with Gasteiger partial charge in [-0.15, -0.1) is 0 Å². The third-order valence-electron chi connectivity index (χ3n) is 3.71. The molecule has 1 aliphatic rings. The highest BCUT2D eigenvalue weighted by Gasteiger charge is 2.19. The van der Waals surface area contributed by atoms with Crippen LogP contribution in [0, 0.1) is 10.1 Å². The van der Waals surface area contributed by atoms with E-state index in [0.29, 0.717) is 18.0 Å². The topological polar surface area (TPSA) is 65.1 Å². The van der Waals surface area contributed by atoms with Crippen LogP contribution >= 0.6 is 11.6 Å². The summed E-state index contributed by atoms with van der Waals surface area (Å²) in [6.07, 6.45) is 6.23. The van der Waals surface area contributed by atoms with Crippen LogP contribution in [0.1, 0.15) is 34.3 Å². The number of carbonyl (C=O) groups is 1. The average molecular weight is 305 g/mol. The van der Waals surface area contributed by atoms with Gasteiger partial charge in [-0.3, -0.25) is 14.9 Å². The third kappa shape index (κ3) is 2.69. The van der Waals surface area contributed by atoms with Gasteiger partial charge in [0.2, 0.25) is 0 Å². The lowest BCUT2D eigenvalue weighted by Crippen LogP contribution is -2.07. The number of nitro groups is 1. The molecule has 0 radical (unpaired) electrons. The van der Waals surface area contributed by atoms with E-state index in [1.807, 2.05) is 17.0 Å². The molecule has 1 aromatic carbocycles. The molecule has 108 valence electrons. The molecular formula is C15H13ClN2O3. The Hall–Kier alpha value is -2.14. The zero-order valence-electron chi connectivity index (χ0n) is 11.2. The highest BCUT2D eigenvalue weighted by Crippen LogP contribution is 2.26. The van der Waals surface area contributed by atoms with Crippen molar-refractivity contribution in [3.63, 3.8) is 0 Å². The number of non-ortho nitro benzene ring substituents is 1. The number of halogens is 1. The monoisotopic (exact) mass is 304 g/mol. The van der Waals surface area contributed by atoms with Crippen molar-refractivity contribution in [3.8, 4) is 0 Å². The molecule has 1 aliphatic carbocycles. The standard InChI is InChI=1S/C15H13ClN2O3/c16-14-6-12(18(20)21)5-4-11(14)8-17-7-10-2-1-3-15(19)13(10)9-17/h4-7,9H,1-3,8H2. The molecule has 0 saturated carbocycles. The largest absolute Gasteiger partial charge is 0.349 e. The first-order valence-corrected chi connectivity index (χ1v) is 7.07. The van der Waals surface area contributed by atoms with Crippen molar-refractivity contribution in [2.45, 2.75) is 25.8 Å². The molecule has 0 fully saturated rings. The van der Waals surface area contributed by atoms with Crippen LogP contribution in [0.4, 0.5) is 5.69 Å². The zero-order valence-corrected chi connectivity index (χ0v) is 12.0. The van der Waals surface area contributed by atoms with Gasteiger partial charge in [0.15, 0.2) is 5.78 Å². The van der Waals surface area contributed by atoms with Crippen molar-refractivity contribution in [1.29, 1.82) is 0 Å². The fraction of sp³-hybridized carbons (Fsp3) is 0.267. The second kappa shape index (κ2) is 5.33. The lowest BCUT2D eigenvalue weighted by atomic mass is 9.95. The Balaban J connectivity index is 1.87. The Morgan fingerprint density at radius 2 is 2.10 bits per heavy atom. The molecule has 5 nitrogen and oxygen atoms in total. The summed E-state index contributed by atoms with van der Waals surface area (Å²) in [7, 11) is 0. The lowest BCUT2D eigenvalue weighted by molar-refractivity contribution is -0.384. The summed E-state index contributed by atoms with van der Waals surface area (Å²) in [5.74, 6) is 0.185. The van der Waals surface area contributed by atoms with Crippen LogP contribution in [-0.4, -0.2) is 15.3 Å². The molecule has 0 amide bonds. The fourth-order valence-electron chi connectivity index (χ4n) is 2.65. The number of hydrogen-bond acceptors (Lipinski definition) is 3. The first kappa shape index (κ1) is 13.8. The molecule has 0 N–H and O–H groups in total. The minimum absolute atomic E-state index is 0.0225. The fourth-order valence-corrected chi connectivity index (χ4v) is 2.88. The molecule has 3 rings (SSSR count). The predicted molar refractivity (Wildman–Crippen MR) is 78.9 cm³/mol. The van der Waals surface area contributed by atoms with E-state index in [4.69, 9.17) is 11.6 Å². The van der Waals surface area contributed by atoms with Crippen molar-refractivity contribution < 1.29 is 9.72 Å². The minimum Gasteiger partial charge on any atom is -0.349 e. The van der Waals surface area contributed by atoms with E-state index in [2.05, 4.69) is 0 Å². The van der Waals surface area contributed by atoms with Gasteiger partial charge in [-0.2, -0.15) is 0 Å². The number of nitro benzene ring substituents is 1. The highest BCUT2D eigenvalue weighted by molar-refractivity contribution is 6.31. The van der Waals surface area contributed by atoms with Gasteiger partial charge in [0, 0.05) is 43.1 Å². The number of hydrogen-bond donors (Lipinski definition) is 0. The molecule has 21 heavy (non-hydrogen) atoms. The molecule has 2 aromatic rings. The van der Waals surface area contributed by atoms with Crippen molar-refractivity contribution in [2.24, 2.45) is 0 Å². The summed E-state index contributed by atoms with van der Waals surface area (Å²) < 4.78 is 1.92. The van der Waals surface area contributed by atoms with Gasteiger partial charge in [0.05, 0.1) is 9.95 Å². The number of aromatic nitrogens is 1. The van der Waals surface area contributed by atoms with Crippen LogP contribution in [-0.2, 0) is 13.0 Å². The summed E-state index contributed by atoms with van der Waals surface area (Å²) in [6.45, 7) is 0.497. The molecule has 1 heterocycles. The summed E-state index contributed by atoms with van der Waals surface area (Å²) in [4.78, 5) is 22.0. The van der Waals surface area contributed by atoms with Gasteiger partial charge < -0.3 is 4.57 Å². The Bertz CT molecular complexity index is 737. The maximum absolute atomic E-state index is 11.8.